The van der Waals surface area contributed by atoms with Crippen LogP contribution in [0.4, 0.5) is 0 Å². The van der Waals surface area contributed by atoms with Crippen LogP contribution in [0, 0.1) is 5.92 Å². The molecule has 1 amide bonds. The van der Waals surface area contributed by atoms with Gasteiger partial charge in [-0.3, -0.25) is 9.69 Å². The molecule has 0 radical (unpaired) electrons. The number of likely N-dealkylation sites (tertiary alicyclic amines) is 1. The molecule has 1 aromatic heterocycles. The fourth-order valence-corrected chi connectivity index (χ4v) is 3.77. The van der Waals surface area contributed by atoms with E-state index in [1.165, 1.54) is 0 Å². The normalized spacial score (nSPS) is 30.2. The highest BCUT2D eigenvalue weighted by Gasteiger charge is 2.42. The van der Waals surface area contributed by atoms with E-state index in [-0.39, 0.29) is 18.1 Å². The number of nitrogens with zero attached hydrogens (tertiary/aromatic N) is 3. The molecular weight excluding hydrogens is 274 g/mol. The fourth-order valence-electron chi connectivity index (χ4n) is 3.11. The van der Waals surface area contributed by atoms with Crippen molar-refractivity contribution >= 4 is 17.2 Å². The van der Waals surface area contributed by atoms with E-state index in [0.29, 0.717) is 5.92 Å². The summed E-state index contributed by atoms with van der Waals surface area (Å²) in [6.07, 6.45) is 3.82. The van der Waals surface area contributed by atoms with Gasteiger partial charge in [0.25, 0.3) is 5.91 Å². The van der Waals surface area contributed by atoms with Gasteiger partial charge >= 0.3 is 0 Å². The number of fused-ring (bicyclic) bond motifs is 1. The summed E-state index contributed by atoms with van der Waals surface area (Å²) in [7, 11) is 3.59. The molecule has 5 nitrogen and oxygen atoms in total. The Hall–Kier alpha value is -0.980. The molecule has 1 aromatic rings. The van der Waals surface area contributed by atoms with Crippen molar-refractivity contribution in [3.8, 4) is 0 Å². The largest absolute Gasteiger partial charge is 0.364 e. The summed E-state index contributed by atoms with van der Waals surface area (Å²) in [6, 6.07) is 0. The lowest BCUT2D eigenvalue weighted by Gasteiger charge is -2.33. The van der Waals surface area contributed by atoms with E-state index in [4.69, 9.17) is 4.74 Å². The summed E-state index contributed by atoms with van der Waals surface area (Å²) in [6.45, 7) is 2.89. The highest BCUT2D eigenvalue weighted by Crippen LogP contribution is 2.34. The summed E-state index contributed by atoms with van der Waals surface area (Å²) >= 11 is 1.70. The van der Waals surface area contributed by atoms with Gasteiger partial charge in [0.15, 0.2) is 0 Å². The molecule has 6 heteroatoms. The molecule has 3 atom stereocenters. The van der Waals surface area contributed by atoms with E-state index in [9.17, 15) is 4.79 Å². The van der Waals surface area contributed by atoms with Crippen LogP contribution in [0.25, 0.3) is 0 Å². The molecule has 2 aliphatic rings. The number of ether oxygens (including phenoxy) is 1. The smallest absolute Gasteiger partial charge is 0.251 e. The number of thiazole rings is 1. The molecular formula is C14H21N3O2S. The number of rotatable bonds is 3. The average Bonchev–Trinajstić information content (AvgIpc) is 3.06. The van der Waals surface area contributed by atoms with Gasteiger partial charge < -0.3 is 9.64 Å². The number of piperidine rings is 1. The summed E-state index contributed by atoms with van der Waals surface area (Å²) in [5.41, 5.74) is 0. The van der Waals surface area contributed by atoms with Crippen molar-refractivity contribution in [3.63, 3.8) is 0 Å². The van der Waals surface area contributed by atoms with Gasteiger partial charge in [-0.1, -0.05) is 0 Å². The molecule has 0 aromatic carbocycles. The van der Waals surface area contributed by atoms with Crippen LogP contribution in [-0.2, 0) is 16.1 Å². The minimum absolute atomic E-state index is 0.103. The van der Waals surface area contributed by atoms with Crippen molar-refractivity contribution in [2.75, 3.05) is 27.2 Å². The zero-order chi connectivity index (χ0) is 14.1. The minimum atomic E-state index is -0.236. The molecule has 3 rings (SSSR count). The van der Waals surface area contributed by atoms with Gasteiger partial charge in [-0.05, 0) is 25.3 Å². The Balaban J connectivity index is 1.57. The highest BCUT2D eigenvalue weighted by atomic mass is 32.1. The zero-order valence-electron chi connectivity index (χ0n) is 12.0. The molecule has 0 N–H and O–H groups in total. The first-order valence-corrected chi connectivity index (χ1v) is 7.99. The number of carbonyl (C=O) groups excluding carboxylic acids is 1. The minimum Gasteiger partial charge on any atom is -0.364 e. The van der Waals surface area contributed by atoms with Crippen molar-refractivity contribution in [1.82, 2.24) is 14.8 Å². The van der Waals surface area contributed by atoms with Crippen LogP contribution in [0.5, 0.6) is 0 Å². The van der Waals surface area contributed by atoms with Crippen LogP contribution in [0.1, 0.15) is 17.8 Å². The topological polar surface area (TPSA) is 45.7 Å². The SMILES string of the molecule is CN(C)C(=O)[C@@H]1C[C@@H]2CCN(Cc3nccs3)C[C@H]2O1. The molecule has 3 heterocycles. The molecule has 0 saturated carbocycles. The maximum Gasteiger partial charge on any atom is 0.251 e. The first-order chi connectivity index (χ1) is 9.63. The van der Waals surface area contributed by atoms with Gasteiger partial charge in [-0.15, -0.1) is 11.3 Å². The molecule has 2 fully saturated rings. The summed E-state index contributed by atoms with van der Waals surface area (Å²) in [5.74, 6) is 0.641. The average molecular weight is 295 g/mol. The van der Waals surface area contributed by atoms with Crippen molar-refractivity contribution in [2.24, 2.45) is 5.92 Å². The van der Waals surface area contributed by atoms with E-state index >= 15 is 0 Å². The zero-order valence-corrected chi connectivity index (χ0v) is 12.8. The summed E-state index contributed by atoms with van der Waals surface area (Å²) in [5, 5.41) is 3.17. The van der Waals surface area contributed by atoms with Crippen LogP contribution in [0.15, 0.2) is 11.6 Å². The predicted octanol–water partition coefficient (Wildman–Crippen LogP) is 1.21. The van der Waals surface area contributed by atoms with Gasteiger partial charge in [0, 0.05) is 32.2 Å². The summed E-state index contributed by atoms with van der Waals surface area (Å²) < 4.78 is 5.99. The van der Waals surface area contributed by atoms with Gasteiger partial charge in [-0.25, -0.2) is 4.98 Å². The van der Waals surface area contributed by atoms with E-state index < -0.39 is 0 Å². The van der Waals surface area contributed by atoms with E-state index in [0.717, 1.165) is 37.5 Å². The molecule has 0 aliphatic carbocycles. The Labute approximate surface area is 123 Å². The van der Waals surface area contributed by atoms with Gasteiger partial charge in [0.2, 0.25) is 0 Å². The fraction of sp³-hybridized carbons (Fsp3) is 0.714. The maximum absolute atomic E-state index is 12.0. The highest BCUT2D eigenvalue weighted by molar-refractivity contribution is 7.09. The first kappa shape index (κ1) is 14.0. The Kier molecular flexibility index (Phi) is 4.05. The van der Waals surface area contributed by atoms with Crippen LogP contribution < -0.4 is 0 Å². The van der Waals surface area contributed by atoms with Crippen molar-refractivity contribution < 1.29 is 9.53 Å². The van der Waals surface area contributed by atoms with Crippen molar-refractivity contribution in [3.05, 3.63) is 16.6 Å². The second-order valence-corrected chi connectivity index (χ2v) is 6.82. The van der Waals surface area contributed by atoms with Crippen LogP contribution in [0.3, 0.4) is 0 Å². The number of aromatic nitrogens is 1. The number of carbonyl (C=O) groups is 1. The number of hydrogen-bond donors (Lipinski definition) is 0. The molecule has 0 bridgehead atoms. The Morgan fingerprint density at radius 3 is 3.15 bits per heavy atom. The monoisotopic (exact) mass is 295 g/mol. The van der Waals surface area contributed by atoms with Crippen LogP contribution in [-0.4, -0.2) is 60.1 Å². The number of likely N-dealkylation sites (N-methyl/N-ethyl adjacent to an activating group) is 1. The quantitative estimate of drug-likeness (QED) is 0.841. The van der Waals surface area contributed by atoms with Crippen LogP contribution >= 0.6 is 11.3 Å². The standard InChI is InChI=1S/C14H21N3O2S/c1-16(2)14(18)11-7-10-3-5-17(8-12(10)19-11)9-13-15-4-6-20-13/h4,6,10-12H,3,5,7-9H2,1-2H3/t10-,11-,12+/m0/s1. The molecule has 0 spiro atoms. The molecule has 20 heavy (non-hydrogen) atoms. The van der Waals surface area contributed by atoms with Gasteiger partial charge in [0.05, 0.1) is 12.6 Å². The van der Waals surface area contributed by atoms with Gasteiger partial charge in [-0.2, -0.15) is 0 Å². The van der Waals surface area contributed by atoms with Crippen molar-refractivity contribution in [1.29, 1.82) is 0 Å². The number of amides is 1. The Morgan fingerprint density at radius 2 is 2.45 bits per heavy atom. The van der Waals surface area contributed by atoms with Crippen LogP contribution in [0.2, 0.25) is 0 Å². The molecule has 110 valence electrons. The Bertz CT molecular complexity index is 463. The lowest BCUT2D eigenvalue weighted by molar-refractivity contribution is -0.141. The third-order valence-electron chi connectivity index (χ3n) is 4.19. The third-order valence-corrected chi connectivity index (χ3v) is 4.96. The van der Waals surface area contributed by atoms with E-state index in [1.807, 2.05) is 11.6 Å². The summed E-state index contributed by atoms with van der Waals surface area (Å²) in [4.78, 5) is 20.4. The lowest BCUT2D eigenvalue weighted by atomic mass is 9.91. The third kappa shape index (κ3) is 2.87. The van der Waals surface area contributed by atoms with E-state index in [1.54, 1.807) is 30.3 Å². The number of hydrogen-bond acceptors (Lipinski definition) is 5. The first-order valence-electron chi connectivity index (χ1n) is 7.11. The maximum atomic E-state index is 12.0. The molecule has 2 saturated heterocycles. The molecule has 2 aliphatic heterocycles. The van der Waals surface area contributed by atoms with Crippen molar-refractivity contribution in [2.45, 2.75) is 31.6 Å². The van der Waals surface area contributed by atoms with Gasteiger partial charge in [0.1, 0.15) is 11.1 Å². The second kappa shape index (κ2) is 5.79. The lowest BCUT2D eigenvalue weighted by Crippen LogP contribution is -2.42. The second-order valence-electron chi connectivity index (χ2n) is 5.84. The predicted molar refractivity (Wildman–Crippen MR) is 77.5 cm³/mol. The Morgan fingerprint density at radius 1 is 1.60 bits per heavy atom. The van der Waals surface area contributed by atoms with E-state index in [2.05, 4.69) is 9.88 Å². The molecule has 0 unspecified atom stereocenters.